The Balaban J connectivity index is 1.60. The van der Waals surface area contributed by atoms with Crippen molar-refractivity contribution < 1.29 is 23.0 Å². The molecule has 1 aromatic carbocycles. The van der Waals surface area contributed by atoms with Crippen molar-refractivity contribution in [3.63, 3.8) is 0 Å². The van der Waals surface area contributed by atoms with Gasteiger partial charge < -0.3 is 14.2 Å². The van der Waals surface area contributed by atoms with Gasteiger partial charge in [-0.3, -0.25) is 9.72 Å². The van der Waals surface area contributed by atoms with Crippen LogP contribution in [0, 0.1) is 11.6 Å². The highest BCUT2D eigenvalue weighted by molar-refractivity contribution is 9.10. The van der Waals surface area contributed by atoms with Gasteiger partial charge in [0.05, 0.1) is 12.0 Å². The highest BCUT2D eigenvalue weighted by Crippen LogP contribution is 2.34. The molecule has 12 heteroatoms. The average Bonchev–Trinajstić information content (AvgIpc) is 3.11. The van der Waals surface area contributed by atoms with Gasteiger partial charge in [0.15, 0.2) is 5.82 Å². The van der Waals surface area contributed by atoms with Gasteiger partial charge in [-0.2, -0.15) is 0 Å². The summed E-state index contributed by atoms with van der Waals surface area (Å²) >= 11 is 4.46. The van der Waals surface area contributed by atoms with Crippen molar-refractivity contribution >= 4 is 51.1 Å². The topological polar surface area (TPSA) is 89.8 Å². The van der Waals surface area contributed by atoms with E-state index in [1.54, 1.807) is 43.5 Å². The Morgan fingerprint density at radius 2 is 1.92 bits per heavy atom. The number of fused-ring (bicyclic) bond motifs is 1. The highest BCUT2D eigenvalue weighted by Gasteiger charge is 2.19. The number of anilines is 2. The van der Waals surface area contributed by atoms with E-state index in [1.807, 2.05) is 12.3 Å². The largest absolute Gasteiger partial charge is 0.480 e. The van der Waals surface area contributed by atoms with E-state index in [9.17, 15) is 13.6 Å². The first-order valence-electron chi connectivity index (χ1n) is 10.6. The molecule has 0 spiro atoms. The first-order valence-corrected chi connectivity index (χ1v) is 12.2. The van der Waals surface area contributed by atoms with E-state index in [-0.39, 0.29) is 4.90 Å². The van der Waals surface area contributed by atoms with Gasteiger partial charge >= 0.3 is 6.09 Å². The molecular formula is C24H22BrF2N5O3S. The first kappa shape index (κ1) is 25.7. The summed E-state index contributed by atoms with van der Waals surface area (Å²) in [7, 11) is 1.48. The molecule has 0 aliphatic rings. The van der Waals surface area contributed by atoms with Gasteiger partial charge in [-0.1, -0.05) is 0 Å². The van der Waals surface area contributed by atoms with Gasteiger partial charge in [-0.05, 0) is 79.0 Å². The zero-order valence-corrected chi connectivity index (χ0v) is 22.1. The van der Waals surface area contributed by atoms with E-state index in [0.717, 1.165) is 29.1 Å². The van der Waals surface area contributed by atoms with Crippen LogP contribution in [0.5, 0.6) is 5.88 Å². The molecule has 8 nitrogen and oxygen atoms in total. The maximum atomic E-state index is 14.0. The van der Waals surface area contributed by atoms with Gasteiger partial charge in [0.1, 0.15) is 33.2 Å². The third-order valence-corrected chi connectivity index (χ3v) is 6.35. The number of imidazole rings is 1. The Morgan fingerprint density at radius 3 is 2.61 bits per heavy atom. The Bertz CT molecular complexity index is 1440. The number of carbonyl (C=O) groups is 1. The summed E-state index contributed by atoms with van der Waals surface area (Å²) in [6, 6.07) is 8.79. The van der Waals surface area contributed by atoms with E-state index in [4.69, 9.17) is 9.47 Å². The van der Waals surface area contributed by atoms with Crippen molar-refractivity contribution in [2.75, 3.05) is 17.1 Å². The lowest BCUT2D eigenvalue weighted by Gasteiger charge is -2.19. The second kappa shape index (κ2) is 10.3. The third kappa shape index (κ3) is 5.88. The molecule has 2 N–H and O–H groups in total. The number of rotatable bonds is 6. The van der Waals surface area contributed by atoms with Crippen LogP contribution >= 0.6 is 27.9 Å². The number of benzene rings is 1. The van der Waals surface area contributed by atoms with Gasteiger partial charge in [-0.15, -0.1) is 0 Å². The summed E-state index contributed by atoms with van der Waals surface area (Å²) in [4.78, 5) is 21.2. The van der Waals surface area contributed by atoms with Crippen LogP contribution in [0.2, 0.25) is 0 Å². The molecule has 0 aliphatic heterocycles. The van der Waals surface area contributed by atoms with Crippen LogP contribution in [0.4, 0.5) is 25.1 Å². The number of nitrogens with zero attached hydrogens (tertiary/aromatic N) is 3. The zero-order valence-electron chi connectivity index (χ0n) is 19.7. The number of methoxy groups -OCH3 is 1. The standard InChI is InChI=1S/C24H22BrF2N5O3S/c1-24(2,3)35-23(33)30-21-20(25)32-12-13(5-8-19(32)29-21)14-9-17(22(34-4)28-11-14)31-36-18-7-6-15(26)10-16(18)27/h5-12,31H,1-4H3,(H,30,33). The SMILES string of the molecule is COc1ncc(-c2ccc3nc(NC(=O)OC(C)(C)C)c(Br)n3c2)cc1NSc1ccc(F)cc1F. The lowest BCUT2D eigenvalue weighted by molar-refractivity contribution is 0.0635. The quantitative estimate of drug-likeness (QED) is 0.240. The lowest BCUT2D eigenvalue weighted by Crippen LogP contribution is -2.27. The van der Waals surface area contributed by atoms with E-state index >= 15 is 0 Å². The maximum absolute atomic E-state index is 14.0. The number of aromatic nitrogens is 3. The minimum atomic E-state index is -0.679. The number of ether oxygens (including phenoxy) is 2. The molecule has 0 radical (unpaired) electrons. The summed E-state index contributed by atoms with van der Waals surface area (Å²) in [5.41, 5.74) is 1.99. The number of hydrogen-bond donors (Lipinski definition) is 2. The number of nitrogens with one attached hydrogen (secondary N) is 2. The molecule has 0 unspecified atom stereocenters. The molecule has 0 atom stereocenters. The second-order valence-corrected chi connectivity index (χ2v) is 10.2. The third-order valence-electron chi connectivity index (χ3n) is 4.72. The molecular weight excluding hydrogens is 556 g/mol. The number of carbonyl (C=O) groups excluding carboxylic acids is 1. The van der Waals surface area contributed by atoms with E-state index < -0.39 is 23.3 Å². The molecule has 36 heavy (non-hydrogen) atoms. The number of amides is 1. The van der Waals surface area contributed by atoms with Crippen molar-refractivity contribution in [2.45, 2.75) is 31.3 Å². The van der Waals surface area contributed by atoms with Crippen LogP contribution in [0.3, 0.4) is 0 Å². The van der Waals surface area contributed by atoms with Crippen LogP contribution < -0.4 is 14.8 Å². The smallest absolute Gasteiger partial charge is 0.413 e. The predicted molar refractivity (Wildman–Crippen MR) is 138 cm³/mol. The summed E-state index contributed by atoms with van der Waals surface area (Å²) in [5.74, 6) is -0.706. The van der Waals surface area contributed by atoms with Crippen molar-refractivity contribution in [1.29, 1.82) is 0 Å². The predicted octanol–water partition coefficient (Wildman–Crippen LogP) is 6.91. The fourth-order valence-corrected chi connectivity index (χ4v) is 4.31. The number of halogens is 3. The highest BCUT2D eigenvalue weighted by atomic mass is 79.9. The van der Waals surface area contributed by atoms with E-state index in [1.165, 1.54) is 19.2 Å². The average molecular weight is 578 g/mol. The van der Waals surface area contributed by atoms with Gasteiger partial charge in [0.2, 0.25) is 5.88 Å². The number of pyridine rings is 2. The van der Waals surface area contributed by atoms with E-state index in [2.05, 4.69) is 35.9 Å². The summed E-state index contributed by atoms with van der Waals surface area (Å²) in [6.45, 7) is 5.33. The molecule has 0 bridgehead atoms. The van der Waals surface area contributed by atoms with Gasteiger partial charge in [0.25, 0.3) is 0 Å². The van der Waals surface area contributed by atoms with Crippen LogP contribution in [-0.2, 0) is 4.74 Å². The minimum absolute atomic E-state index is 0.220. The second-order valence-electron chi connectivity index (χ2n) is 8.58. The van der Waals surface area contributed by atoms with Crippen LogP contribution in [0.25, 0.3) is 16.8 Å². The molecule has 0 saturated heterocycles. The lowest BCUT2D eigenvalue weighted by atomic mass is 10.1. The first-order chi connectivity index (χ1) is 17.0. The van der Waals surface area contributed by atoms with Crippen LogP contribution in [0.1, 0.15) is 20.8 Å². The molecule has 1 amide bonds. The Hall–Kier alpha value is -3.38. The molecule has 3 aromatic heterocycles. The molecule has 4 rings (SSSR count). The van der Waals surface area contributed by atoms with Crippen molar-refractivity contribution in [2.24, 2.45) is 0 Å². The summed E-state index contributed by atoms with van der Waals surface area (Å²) < 4.78 is 43.2. The van der Waals surface area contributed by atoms with Crippen molar-refractivity contribution in [3.8, 4) is 17.0 Å². The van der Waals surface area contributed by atoms with Crippen molar-refractivity contribution in [1.82, 2.24) is 14.4 Å². The van der Waals surface area contributed by atoms with Crippen LogP contribution in [0.15, 0.2) is 58.3 Å². The summed E-state index contributed by atoms with van der Waals surface area (Å²) in [6.07, 6.45) is 2.85. The minimum Gasteiger partial charge on any atom is -0.480 e. The van der Waals surface area contributed by atoms with Gasteiger partial charge in [-0.25, -0.2) is 23.5 Å². The van der Waals surface area contributed by atoms with Crippen LogP contribution in [-0.4, -0.2) is 33.2 Å². The Kier molecular flexibility index (Phi) is 7.36. The molecule has 0 saturated carbocycles. The summed E-state index contributed by atoms with van der Waals surface area (Å²) in [5, 5.41) is 2.64. The van der Waals surface area contributed by atoms with E-state index in [0.29, 0.717) is 27.6 Å². The van der Waals surface area contributed by atoms with Crippen molar-refractivity contribution in [3.05, 3.63) is 65.0 Å². The molecule has 3 heterocycles. The zero-order chi connectivity index (χ0) is 26.0. The maximum Gasteiger partial charge on any atom is 0.413 e. The Morgan fingerprint density at radius 1 is 1.14 bits per heavy atom. The fourth-order valence-electron chi connectivity index (χ4n) is 3.18. The fraction of sp³-hybridized carbons (Fsp3) is 0.208. The molecule has 0 fully saturated rings. The Labute approximate surface area is 218 Å². The number of hydrogen-bond acceptors (Lipinski definition) is 7. The molecule has 0 aliphatic carbocycles. The monoisotopic (exact) mass is 577 g/mol. The van der Waals surface area contributed by atoms with Gasteiger partial charge in [0, 0.05) is 29.6 Å². The molecule has 188 valence electrons. The normalized spacial score (nSPS) is 11.4. The molecule has 4 aromatic rings.